The molecule has 0 unspecified atom stereocenters. The van der Waals surface area contributed by atoms with Gasteiger partial charge in [-0.15, -0.1) is 0 Å². The second-order valence-electron chi connectivity index (χ2n) is 9.69. The average Bonchev–Trinajstić information content (AvgIpc) is 2.98. The minimum atomic E-state index is -2.96. The van der Waals surface area contributed by atoms with E-state index in [2.05, 4.69) is 18.8 Å². The molecule has 0 amide bonds. The zero-order chi connectivity index (χ0) is 18.7. The van der Waals surface area contributed by atoms with Crippen LogP contribution < -0.4 is 5.32 Å². The average molecular weight is 382 g/mol. The van der Waals surface area contributed by atoms with Crippen molar-refractivity contribution in [1.82, 2.24) is 5.32 Å². The summed E-state index contributed by atoms with van der Waals surface area (Å²) in [6.07, 6.45) is 6.03. The van der Waals surface area contributed by atoms with Crippen molar-refractivity contribution in [2.45, 2.75) is 64.0 Å². The van der Waals surface area contributed by atoms with Gasteiger partial charge in [-0.05, 0) is 56.8 Å². The van der Waals surface area contributed by atoms with Crippen molar-refractivity contribution in [3.8, 4) is 0 Å². The topological polar surface area (TPSA) is 72.5 Å². The quantitative estimate of drug-likeness (QED) is 0.601. The van der Waals surface area contributed by atoms with Gasteiger partial charge >= 0.3 is 5.97 Å². The first-order valence-corrected chi connectivity index (χ1v) is 11.8. The number of ether oxygens (including phenoxy) is 1. The smallest absolute Gasteiger partial charge is 0.310 e. The van der Waals surface area contributed by atoms with E-state index in [-0.39, 0.29) is 40.8 Å². The summed E-state index contributed by atoms with van der Waals surface area (Å²) in [5.41, 5.74) is 1.14. The molecule has 26 heavy (non-hydrogen) atoms. The first-order chi connectivity index (χ1) is 12.1. The molecule has 2 aliphatic heterocycles. The Balaban J connectivity index is 1.47. The lowest BCUT2D eigenvalue weighted by molar-refractivity contribution is -0.146. The van der Waals surface area contributed by atoms with Crippen molar-refractivity contribution >= 4 is 15.8 Å². The number of sulfone groups is 1. The van der Waals surface area contributed by atoms with E-state index >= 15 is 0 Å². The summed E-state index contributed by atoms with van der Waals surface area (Å²) in [5.74, 6) is 0.830. The van der Waals surface area contributed by atoms with Crippen LogP contribution in [-0.4, -0.2) is 44.1 Å². The molecule has 0 aromatic carbocycles. The van der Waals surface area contributed by atoms with Gasteiger partial charge in [0.2, 0.25) is 0 Å². The number of carbonyl (C=O) groups is 1. The standard InChI is InChI=1S/C20H31NO4S/c1-13-5-4-6-19(2)10-17-14(9-16(13)19)15(18(22)25-17)11-21-20(3)7-8-26(23,24)12-20/h14-17,21H,1,4-12H2,2-3H3/t14-,15-,16-,17-,19-,20-/m1/s1. The Morgan fingerprint density at radius 2 is 2.08 bits per heavy atom. The summed E-state index contributed by atoms with van der Waals surface area (Å²) >= 11 is 0. The number of carbonyl (C=O) groups excluding carboxylic acids is 1. The molecule has 2 aliphatic carbocycles. The molecule has 0 aromatic heterocycles. The number of hydrogen-bond donors (Lipinski definition) is 1. The maximum absolute atomic E-state index is 12.6. The Hall–Kier alpha value is -0.880. The van der Waals surface area contributed by atoms with E-state index in [0.717, 1.165) is 19.3 Å². The maximum Gasteiger partial charge on any atom is 0.310 e. The SMILES string of the molecule is C=C1CCC[C@]2(C)C[C@H]3OC(=O)[C@H](CN[C@]4(C)CCS(=O)(=O)C4)[C@H]3C[C@H]12. The number of esters is 1. The lowest BCUT2D eigenvalue weighted by atomic mass is 9.55. The van der Waals surface area contributed by atoms with E-state index in [1.165, 1.54) is 18.4 Å². The summed E-state index contributed by atoms with van der Waals surface area (Å²) in [6.45, 7) is 9.14. The van der Waals surface area contributed by atoms with Crippen LogP contribution in [-0.2, 0) is 19.4 Å². The highest BCUT2D eigenvalue weighted by Gasteiger charge is 2.55. The third kappa shape index (κ3) is 3.13. The van der Waals surface area contributed by atoms with Crippen LogP contribution >= 0.6 is 0 Å². The van der Waals surface area contributed by atoms with Gasteiger partial charge < -0.3 is 10.1 Å². The van der Waals surface area contributed by atoms with Crippen LogP contribution in [0.4, 0.5) is 0 Å². The minimum absolute atomic E-state index is 0.0153. The lowest BCUT2D eigenvalue weighted by Crippen LogP contribution is -2.49. The van der Waals surface area contributed by atoms with E-state index in [9.17, 15) is 13.2 Å². The van der Waals surface area contributed by atoms with Gasteiger partial charge in [-0.3, -0.25) is 4.79 Å². The second-order valence-corrected chi connectivity index (χ2v) is 11.9. The van der Waals surface area contributed by atoms with Gasteiger partial charge in [0.25, 0.3) is 0 Å². The van der Waals surface area contributed by atoms with Crippen molar-refractivity contribution in [3.05, 3.63) is 12.2 Å². The molecule has 4 rings (SSSR count). The largest absolute Gasteiger partial charge is 0.462 e. The highest BCUT2D eigenvalue weighted by molar-refractivity contribution is 7.91. The van der Waals surface area contributed by atoms with Crippen LogP contribution in [0, 0.1) is 23.2 Å². The van der Waals surface area contributed by atoms with Crippen molar-refractivity contribution in [2.24, 2.45) is 23.2 Å². The Bertz CT molecular complexity index is 732. The van der Waals surface area contributed by atoms with Gasteiger partial charge in [0.15, 0.2) is 9.84 Å². The normalized spacial score (nSPS) is 47.3. The van der Waals surface area contributed by atoms with Crippen LogP contribution in [0.2, 0.25) is 0 Å². The fourth-order valence-corrected chi connectivity index (χ4v) is 8.12. The summed E-state index contributed by atoms with van der Waals surface area (Å²) < 4.78 is 29.4. The molecule has 2 saturated carbocycles. The van der Waals surface area contributed by atoms with Gasteiger partial charge in [-0.1, -0.05) is 19.1 Å². The van der Waals surface area contributed by atoms with Gasteiger partial charge in [0.1, 0.15) is 6.10 Å². The zero-order valence-electron chi connectivity index (χ0n) is 15.9. The summed E-state index contributed by atoms with van der Waals surface area (Å²) in [4.78, 5) is 12.6. The predicted octanol–water partition coefficient (Wildman–Crippen LogP) is 2.47. The van der Waals surface area contributed by atoms with Gasteiger partial charge in [0, 0.05) is 18.0 Å². The van der Waals surface area contributed by atoms with Crippen molar-refractivity contribution < 1.29 is 17.9 Å². The summed E-state index contributed by atoms with van der Waals surface area (Å²) in [5, 5.41) is 3.41. The molecule has 4 aliphatic rings. The minimum Gasteiger partial charge on any atom is -0.462 e. The Labute approximate surface area is 156 Å². The molecule has 146 valence electrons. The Morgan fingerprint density at radius 3 is 2.77 bits per heavy atom. The Morgan fingerprint density at radius 1 is 1.31 bits per heavy atom. The monoisotopic (exact) mass is 381 g/mol. The molecular formula is C20H31NO4S. The molecule has 1 N–H and O–H groups in total. The number of rotatable bonds is 3. The zero-order valence-corrected chi connectivity index (χ0v) is 16.7. The van der Waals surface area contributed by atoms with E-state index in [1.54, 1.807) is 0 Å². The summed E-state index contributed by atoms with van der Waals surface area (Å²) in [6, 6.07) is 0. The summed E-state index contributed by atoms with van der Waals surface area (Å²) in [7, 11) is -2.96. The van der Waals surface area contributed by atoms with Crippen molar-refractivity contribution in [3.63, 3.8) is 0 Å². The van der Waals surface area contributed by atoms with Crippen LogP contribution in [0.3, 0.4) is 0 Å². The highest BCUT2D eigenvalue weighted by atomic mass is 32.2. The predicted molar refractivity (Wildman–Crippen MR) is 100 cm³/mol. The number of nitrogens with one attached hydrogen (secondary N) is 1. The molecule has 0 spiro atoms. The highest BCUT2D eigenvalue weighted by Crippen LogP contribution is 2.56. The molecule has 6 atom stereocenters. The molecule has 5 nitrogen and oxygen atoms in total. The molecule has 0 radical (unpaired) electrons. The van der Waals surface area contributed by atoms with E-state index in [4.69, 9.17) is 4.74 Å². The number of allylic oxidation sites excluding steroid dienone is 1. The van der Waals surface area contributed by atoms with Gasteiger partial charge in [-0.2, -0.15) is 0 Å². The van der Waals surface area contributed by atoms with Gasteiger partial charge in [0.05, 0.1) is 17.4 Å². The first kappa shape index (κ1) is 18.5. The maximum atomic E-state index is 12.6. The fraction of sp³-hybridized carbons (Fsp3) is 0.850. The number of hydrogen-bond acceptors (Lipinski definition) is 5. The first-order valence-electron chi connectivity index (χ1n) is 9.95. The van der Waals surface area contributed by atoms with Crippen LogP contribution in [0.25, 0.3) is 0 Å². The van der Waals surface area contributed by atoms with Crippen molar-refractivity contribution in [2.75, 3.05) is 18.1 Å². The molecule has 4 fully saturated rings. The lowest BCUT2D eigenvalue weighted by Gasteiger charge is -2.50. The third-order valence-electron chi connectivity index (χ3n) is 7.57. The number of fused-ring (bicyclic) bond motifs is 2. The molecule has 0 bridgehead atoms. The molecule has 6 heteroatoms. The van der Waals surface area contributed by atoms with Crippen LogP contribution in [0.1, 0.15) is 52.4 Å². The van der Waals surface area contributed by atoms with Crippen LogP contribution in [0.15, 0.2) is 12.2 Å². The van der Waals surface area contributed by atoms with Gasteiger partial charge in [-0.25, -0.2) is 8.42 Å². The molecule has 2 heterocycles. The van der Waals surface area contributed by atoms with Crippen LogP contribution in [0.5, 0.6) is 0 Å². The molecule has 0 aromatic rings. The second kappa shape index (κ2) is 6.06. The van der Waals surface area contributed by atoms with E-state index < -0.39 is 15.4 Å². The third-order valence-corrected chi connectivity index (χ3v) is 9.48. The Kier molecular flexibility index (Phi) is 4.31. The molecular weight excluding hydrogens is 350 g/mol. The fourth-order valence-electron chi connectivity index (χ4n) is 6.00. The molecule has 2 saturated heterocycles. The van der Waals surface area contributed by atoms with E-state index in [1.807, 2.05) is 6.92 Å². The van der Waals surface area contributed by atoms with E-state index in [0.29, 0.717) is 18.9 Å². The van der Waals surface area contributed by atoms with Crippen molar-refractivity contribution in [1.29, 1.82) is 0 Å².